The molecule has 0 spiro atoms. The number of ether oxygens (including phenoxy) is 1. The molecule has 0 aromatic heterocycles. The summed E-state index contributed by atoms with van der Waals surface area (Å²) >= 11 is 12.2. The van der Waals surface area contributed by atoms with E-state index in [4.69, 9.17) is 27.9 Å². The van der Waals surface area contributed by atoms with Gasteiger partial charge in [-0.15, -0.1) is 0 Å². The second kappa shape index (κ2) is 9.34. The van der Waals surface area contributed by atoms with Gasteiger partial charge in [0.05, 0.1) is 10.7 Å². The summed E-state index contributed by atoms with van der Waals surface area (Å²) in [6.07, 6.45) is 4.11. The Morgan fingerprint density at radius 1 is 1.07 bits per heavy atom. The van der Waals surface area contributed by atoms with Crippen molar-refractivity contribution < 1.29 is 9.53 Å². The van der Waals surface area contributed by atoms with Crippen molar-refractivity contribution in [1.82, 2.24) is 4.90 Å². The van der Waals surface area contributed by atoms with Gasteiger partial charge in [-0.25, -0.2) is 0 Å². The van der Waals surface area contributed by atoms with Crippen molar-refractivity contribution in [3.8, 4) is 11.5 Å². The van der Waals surface area contributed by atoms with Gasteiger partial charge >= 0.3 is 0 Å². The standard InChI is InChI=1S/C21H24Cl2N2O2/c1-15(26)25-12-5-4-6-17(11-13-25)24-19-7-2-3-8-21(19)27-20-10-9-16(22)14-18(20)23/h2-3,7-10,14,17,24H,4-6,11-13H2,1H3. The van der Waals surface area contributed by atoms with E-state index in [2.05, 4.69) is 5.32 Å². The highest BCUT2D eigenvalue weighted by Gasteiger charge is 2.18. The number of amides is 1. The molecule has 1 saturated heterocycles. The highest BCUT2D eigenvalue weighted by atomic mass is 35.5. The maximum atomic E-state index is 11.7. The van der Waals surface area contributed by atoms with Crippen molar-refractivity contribution >= 4 is 34.8 Å². The largest absolute Gasteiger partial charge is 0.454 e. The Balaban J connectivity index is 1.72. The van der Waals surface area contributed by atoms with Gasteiger partial charge in [-0.2, -0.15) is 0 Å². The molecule has 0 radical (unpaired) electrons. The van der Waals surface area contributed by atoms with Crippen LogP contribution >= 0.6 is 23.2 Å². The number of hydrogen-bond donors (Lipinski definition) is 1. The zero-order valence-electron chi connectivity index (χ0n) is 15.4. The van der Waals surface area contributed by atoms with Gasteiger partial charge in [0.2, 0.25) is 5.91 Å². The number of nitrogens with zero attached hydrogens (tertiary/aromatic N) is 1. The first kappa shape index (κ1) is 19.8. The molecular weight excluding hydrogens is 383 g/mol. The first-order chi connectivity index (χ1) is 13.0. The Morgan fingerprint density at radius 3 is 2.67 bits per heavy atom. The number of likely N-dealkylation sites (tertiary alicyclic amines) is 1. The maximum Gasteiger partial charge on any atom is 0.219 e. The third-order valence-corrected chi connectivity index (χ3v) is 5.31. The minimum atomic E-state index is 0.150. The molecule has 1 fully saturated rings. The lowest BCUT2D eigenvalue weighted by Crippen LogP contribution is -2.36. The number of nitrogens with one attached hydrogen (secondary N) is 1. The van der Waals surface area contributed by atoms with Crippen LogP contribution in [0.25, 0.3) is 0 Å². The Bertz CT molecular complexity index is 798. The van der Waals surface area contributed by atoms with Gasteiger partial charge in [0.25, 0.3) is 0 Å². The predicted molar refractivity (Wildman–Crippen MR) is 111 cm³/mol. The number of rotatable bonds is 4. The van der Waals surface area contributed by atoms with E-state index in [-0.39, 0.29) is 11.9 Å². The van der Waals surface area contributed by atoms with Crippen LogP contribution in [0.4, 0.5) is 5.69 Å². The van der Waals surface area contributed by atoms with E-state index in [1.165, 1.54) is 0 Å². The summed E-state index contributed by atoms with van der Waals surface area (Å²) in [4.78, 5) is 13.6. The molecule has 1 amide bonds. The molecule has 144 valence electrons. The van der Waals surface area contributed by atoms with Crippen molar-refractivity contribution in [1.29, 1.82) is 0 Å². The van der Waals surface area contributed by atoms with Crippen LogP contribution in [0.3, 0.4) is 0 Å². The van der Waals surface area contributed by atoms with Gasteiger partial charge in [0.15, 0.2) is 5.75 Å². The molecule has 0 saturated carbocycles. The van der Waals surface area contributed by atoms with Crippen molar-refractivity contribution in [2.24, 2.45) is 0 Å². The molecule has 1 aliphatic rings. The fraction of sp³-hybridized carbons (Fsp3) is 0.381. The Labute approximate surface area is 170 Å². The summed E-state index contributed by atoms with van der Waals surface area (Å²) in [5.41, 5.74) is 0.920. The number of halogens is 2. The van der Waals surface area contributed by atoms with E-state index in [0.29, 0.717) is 21.5 Å². The van der Waals surface area contributed by atoms with Crippen LogP contribution in [0.15, 0.2) is 42.5 Å². The van der Waals surface area contributed by atoms with Crippen LogP contribution in [-0.4, -0.2) is 29.9 Å². The monoisotopic (exact) mass is 406 g/mol. The lowest BCUT2D eigenvalue weighted by molar-refractivity contribution is -0.129. The van der Waals surface area contributed by atoms with Crippen LogP contribution in [0.1, 0.15) is 32.6 Å². The molecule has 1 atom stereocenters. The van der Waals surface area contributed by atoms with E-state index in [1.807, 2.05) is 29.2 Å². The molecule has 0 bridgehead atoms. The number of carbonyl (C=O) groups excluding carboxylic acids is 1. The van der Waals surface area contributed by atoms with Gasteiger partial charge < -0.3 is 15.0 Å². The van der Waals surface area contributed by atoms with Crippen LogP contribution in [0, 0.1) is 0 Å². The second-order valence-corrected chi connectivity index (χ2v) is 7.65. The number of para-hydroxylation sites is 2. The number of carbonyl (C=O) groups is 1. The number of anilines is 1. The van der Waals surface area contributed by atoms with Gasteiger partial charge in [-0.1, -0.05) is 35.3 Å². The first-order valence-electron chi connectivity index (χ1n) is 9.27. The Kier molecular flexibility index (Phi) is 6.86. The fourth-order valence-corrected chi connectivity index (χ4v) is 3.74. The molecule has 2 aromatic rings. The molecule has 1 heterocycles. The number of hydrogen-bond acceptors (Lipinski definition) is 3. The van der Waals surface area contributed by atoms with Gasteiger partial charge in [-0.05, 0) is 56.0 Å². The van der Waals surface area contributed by atoms with Gasteiger partial charge in [0.1, 0.15) is 5.75 Å². The topological polar surface area (TPSA) is 41.6 Å². The third-order valence-electron chi connectivity index (χ3n) is 4.78. The quantitative estimate of drug-likeness (QED) is 0.677. The SMILES string of the molecule is CC(=O)N1CCCCC(Nc2ccccc2Oc2ccc(Cl)cc2Cl)CC1. The van der Waals surface area contributed by atoms with E-state index in [1.54, 1.807) is 25.1 Å². The summed E-state index contributed by atoms with van der Waals surface area (Å²) in [5, 5.41) is 4.64. The summed E-state index contributed by atoms with van der Waals surface area (Å²) in [7, 11) is 0. The van der Waals surface area contributed by atoms with Crippen LogP contribution in [0.5, 0.6) is 11.5 Å². The van der Waals surface area contributed by atoms with E-state index in [9.17, 15) is 4.79 Å². The van der Waals surface area contributed by atoms with Crippen molar-refractivity contribution in [3.05, 3.63) is 52.5 Å². The summed E-state index contributed by atoms with van der Waals surface area (Å²) in [5.74, 6) is 1.43. The van der Waals surface area contributed by atoms with Crippen molar-refractivity contribution in [3.63, 3.8) is 0 Å². The zero-order valence-corrected chi connectivity index (χ0v) is 16.9. The minimum Gasteiger partial charge on any atom is -0.454 e. The average molecular weight is 407 g/mol. The van der Waals surface area contributed by atoms with Crippen molar-refractivity contribution in [2.45, 2.75) is 38.6 Å². The average Bonchev–Trinajstić information content (AvgIpc) is 2.61. The van der Waals surface area contributed by atoms with Crippen LogP contribution < -0.4 is 10.1 Å². The fourth-order valence-electron chi connectivity index (χ4n) is 3.29. The van der Waals surface area contributed by atoms with E-state index in [0.717, 1.165) is 44.5 Å². The zero-order chi connectivity index (χ0) is 19.2. The van der Waals surface area contributed by atoms with Gasteiger partial charge in [-0.3, -0.25) is 4.79 Å². The van der Waals surface area contributed by atoms with Crippen LogP contribution in [0.2, 0.25) is 10.0 Å². The van der Waals surface area contributed by atoms with Crippen molar-refractivity contribution in [2.75, 3.05) is 18.4 Å². The first-order valence-corrected chi connectivity index (χ1v) is 10.0. The molecule has 1 unspecified atom stereocenters. The lowest BCUT2D eigenvalue weighted by Gasteiger charge is -2.29. The molecule has 3 rings (SSSR count). The molecule has 4 nitrogen and oxygen atoms in total. The number of benzene rings is 2. The van der Waals surface area contributed by atoms with Gasteiger partial charge in [0, 0.05) is 31.1 Å². The Hall–Kier alpha value is -1.91. The molecule has 1 N–H and O–H groups in total. The smallest absolute Gasteiger partial charge is 0.219 e. The maximum absolute atomic E-state index is 11.7. The summed E-state index contributed by atoms with van der Waals surface area (Å²) < 4.78 is 6.03. The molecule has 0 aliphatic carbocycles. The molecule has 27 heavy (non-hydrogen) atoms. The highest BCUT2D eigenvalue weighted by molar-refractivity contribution is 6.35. The molecule has 2 aromatic carbocycles. The Morgan fingerprint density at radius 2 is 1.89 bits per heavy atom. The summed E-state index contributed by atoms with van der Waals surface area (Å²) in [6, 6.07) is 13.3. The normalized spacial score (nSPS) is 17.7. The van der Waals surface area contributed by atoms with Crippen LogP contribution in [-0.2, 0) is 4.79 Å². The second-order valence-electron chi connectivity index (χ2n) is 6.80. The van der Waals surface area contributed by atoms with E-state index >= 15 is 0 Å². The third kappa shape index (κ3) is 5.53. The molecule has 6 heteroatoms. The van der Waals surface area contributed by atoms with E-state index < -0.39 is 0 Å². The minimum absolute atomic E-state index is 0.150. The molecular formula is C21H24Cl2N2O2. The predicted octanol–water partition coefficient (Wildman–Crippen LogP) is 5.99. The highest BCUT2D eigenvalue weighted by Crippen LogP contribution is 2.35. The lowest BCUT2D eigenvalue weighted by atomic mass is 10.0. The molecule has 1 aliphatic heterocycles. The summed E-state index contributed by atoms with van der Waals surface area (Å²) in [6.45, 7) is 3.28.